The third-order valence-corrected chi connectivity index (χ3v) is 7.67. The molecule has 0 unspecified atom stereocenters. The van der Waals surface area contributed by atoms with Crippen molar-refractivity contribution >= 4 is 39.9 Å². The SMILES string of the molecule is Nc1nccc2cc(CNC(=O)c3cc(Cl)cnc3NCC3CCN(C4CCCC4)CC3)ccc12. The summed E-state index contributed by atoms with van der Waals surface area (Å²) in [4.78, 5) is 24.3. The quantitative estimate of drug-likeness (QED) is 0.435. The maximum Gasteiger partial charge on any atom is 0.255 e. The van der Waals surface area contributed by atoms with Gasteiger partial charge in [-0.25, -0.2) is 9.97 Å². The minimum atomic E-state index is -0.201. The topological polar surface area (TPSA) is 96.2 Å². The third-order valence-electron chi connectivity index (χ3n) is 7.46. The van der Waals surface area contributed by atoms with Gasteiger partial charge >= 0.3 is 0 Å². The van der Waals surface area contributed by atoms with Crippen LogP contribution in [0.2, 0.25) is 5.02 Å². The number of likely N-dealkylation sites (tertiary alicyclic amines) is 1. The molecule has 1 aliphatic heterocycles. The number of nitrogens with two attached hydrogens (primary N) is 1. The molecule has 2 aliphatic rings. The highest BCUT2D eigenvalue weighted by Crippen LogP contribution is 2.28. The molecule has 0 bridgehead atoms. The minimum Gasteiger partial charge on any atom is -0.383 e. The molecule has 3 aromatic rings. The molecule has 7 nitrogen and oxygen atoms in total. The van der Waals surface area contributed by atoms with Gasteiger partial charge in [-0.1, -0.05) is 36.6 Å². The Morgan fingerprint density at radius 3 is 2.69 bits per heavy atom. The first-order valence-electron chi connectivity index (χ1n) is 12.6. The summed E-state index contributed by atoms with van der Waals surface area (Å²) in [6.45, 7) is 3.55. The molecule has 1 aromatic carbocycles. The van der Waals surface area contributed by atoms with E-state index in [9.17, 15) is 4.79 Å². The number of carbonyl (C=O) groups excluding carboxylic acids is 1. The van der Waals surface area contributed by atoms with E-state index < -0.39 is 0 Å². The van der Waals surface area contributed by atoms with Gasteiger partial charge in [0.1, 0.15) is 11.6 Å². The molecule has 1 saturated carbocycles. The smallest absolute Gasteiger partial charge is 0.255 e. The van der Waals surface area contributed by atoms with Crippen LogP contribution in [0.25, 0.3) is 10.8 Å². The molecular formula is C27H33ClN6O. The predicted octanol–water partition coefficient (Wildman–Crippen LogP) is 4.86. The molecule has 1 saturated heterocycles. The summed E-state index contributed by atoms with van der Waals surface area (Å²) in [5, 5.41) is 8.78. The van der Waals surface area contributed by atoms with Gasteiger partial charge in [-0.05, 0) is 73.8 Å². The van der Waals surface area contributed by atoms with Crippen LogP contribution in [-0.4, -0.2) is 46.5 Å². The standard InChI is InChI=1S/C27H33ClN6O/c28-21-14-24(27(35)33-16-19-5-6-23-20(13-19)7-10-30-25(23)29)26(32-17-21)31-15-18-8-11-34(12-9-18)22-3-1-2-4-22/h5-7,10,13-14,17-18,22H,1-4,8-9,11-12,15-16H2,(H2,29,30)(H,31,32)(H,33,35). The first-order chi connectivity index (χ1) is 17.1. The second-order valence-corrected chi connectivity index (χ2v) is 10.2. The molecule has 1 amide bonds. The molecule has 184 valence electrons. The minimum absolute atomic E-state index is 0.201. The highest BCUT2D eigenvalue weighted by Gasteiger charge is 2.27. The van der Waals surface area contributed by atoms with Crippen LogP contribution in [0.15, 0.2) is 42.7 Å². The third kappa shape index (κ3) is 5.68. The summed E-state index contributed by atoms with van der Waals surface area (Å²) in [6, 6.07) is 10.3. The zero-order chi connectivity index (χ0) is 24.2. The molecule has 2 fully saturated rings. The Morgan fingerprint density at radius 2 is 1.89 bits per heavy atom. The molecule has 0 atom stereocenters. The van der Waals surface area contributed by atoms with Crippen LogP contribution in [0.1, 0.15) is 54.4 Å². The van der Waals surface area contributed by atoms with Crippen molar-refractivity contribution in [1.82, 2.24) is 20.2 Å². The van der Waals surface area contributed by atoms with Crippen molar-refractivity contribution < 1.29 is 4.79 Å². The second-order valence-electron chi connectivity index (χ2n) is 9.78. The van der Waals surface area contributed by atoms with Crippen molar-refractivity contribution in [3.05, 3.63) is 58.9 Å². The number of fused-ring (bicyclic) bond motifs is 1. The van der Waals surface area contributed by atoms with Gasteiger partial charge in [0, 0.05) is 36.9 Å². The summed E-state index contributed by atoms with van der Waals surface area (Å²) < 4.78 is 0. The van der Waals surface area contributed by atoms with Crippen LogP contribution in [-0.2, 0) is 6.54 Å². The van der Waals surface area contributed by atoms with E-state index in [1.807, 2.05) is 24.3 Å². The average Bonchev–Trinajstić information content (AvgIpc) is 3.42. The number of hydrogen-bond acceptors (Lipinski definition) is 6. The highest BCUT2D eigenvalue weighted by molar-refractivity contribution is 6.31. The van der Waals surface area contributed by atoms with Crippen LogP contribution in [0.4, 0.5) is 11.6 Å². The van der Waals surface area contributed by atoms with Crippen LogP contribution in [0.3, 0.4) is 0 Å². The Hall–Kier alpha value is -2.90. The number of rotatable bonds is 7. The van der Waals surface area contributed by atoms with Crippen LogP contribution < -0.4 is 16.4 Å². The van der Waals surface area contributed by atoms with E-state index in [1.165, 1.54) is 51.6 Å². The lowest BCUT2D eigenvalue weighted by molar-refractivity contribution is 0.0951. The number of carbonyl (C=O) groups is 1. The number of nitrogen functional groups attached to an aromatic ring is 1. The molecule has 4 N–H and O–H groups in total. The number of piperidine rings is 1. The zero-order valence-electron chi connectivity index (χ0n) is 20.0. The molecular weight excluding hydrogens is 460 g/mol. The largest absolute Gasteiger partial charge is 0.383 e. The first kappa shape index (κ1) is 23.8. The molecule has 35 heavy (non-hydrogen) atoms. The normalized spacial score (nSPS) is 17.6. The van der Waals surface area contributed by atoms with Crippen molar-refractivity contribution in [1.29, 1.82) is 0 Å². The van der Waals surface area contributed by atoms with Crippen molar-refractivity contribution in [2.45, 2.75) is 51.1 Å². The van der Waals surface area contributed by atoms with E-state index in [0.717, 1.165) is 28.9 Å². The summed E-state index contributed by atoms with van der Waals surface area (Å²) in [5.74, 6) is 1.47. The van der Waals surface area contributed by atoms with Gasteiger partial charge in [0.25, 0.3) is 5.91 Å². The maximum absolute atomic E-state index is 13.1. The Bertz CT molecular complexity index is 1190. The number of pyridine rings is 2. The number of hydrogen-bond donors (Lipinski definition) is 3. The fraction of sp³-hybridized carbons (Fsp3) is 0.444. The van der Waals surface area contributed by atoms with E-state index >= 15 is 0 Å². The summed E-state index contributed by atoms with van der Waals surface area (Å²) in [5.41, 5.74) is 7.39. The monoisotopic (exact) mass is 492 g/mol. The summed E-state index contributed by atoms with van der Waals surface area (Å²) in [7, 11) is 0. The van der Waals surface area contributed by atoms with E-state index in [1.54, 1.807) is 18.5 Å². The number of nitrogens with one attached hydrogen (secondary N) is 2. The van der Waals surface area contributed by atoms with E-state index in [4.69, 9.17) is 17.3 Å². The molecule has 2 aromatic heterocycles. The van der Waals surface area contributed by atoms with E-state index in [2.05, 4.69) is 25.5 Å². The van der Waals surface area contributed by atoms with Crippen molar-refractivity contribution in [2.75, 3.05) is 30.7 Å². The summed E-state index contributed by atoms with van der Waals surface area (Å²) in [6.07, 6.45) is 11.1. The van der Waals surface area contributed by atoms with Gasteiger partial charge in [-0.2, -0.15) is 0 Å². The Morgan fingerprint density at radius 1 is 1.09 bits per heavy atom. The second kappa shape index (κ2) is 10.8. The number of nitrogens with zero attached hydrogens (tertiary/aromatic N) is 3. The highest BCUT2D eigenvalue weighted by atomic mass is 35.5. The van der Waals surface area contributed by atoms with E-state index in [0.29, 0.717) is 34.7 Å². The van der Waals surface area contributed by atoms with Gasteiger partial charge in [-0.15, -0.1) is 0 Å². The lowest BCUT2D eigenvalue weighted by atomic mass is 9.95. The van der Waals surface area contributed by atoms with Gasteiger partial charge in [0.2, 0.25) is 0 Å². The maximum atomic E-state index is 13.1. The van der Waals surface area contributed by atoms with Crippen molar-refractivity contribution in [3.63, 3.8) is 0 Å². The lowest BCUT2D eigenvalue weighted by Crippen LogP contribution is -2.41. The van der Waals surface area contributed by atoms with Crippen LogP contribution >= 0.6 is 11.6 Å². The predicted molar refractivity (Wildman–Crippen MR) is 142 cm³/mol. The van der Waals surface area contributed by atoms with Gasteiger partial charge < -0.3 is 21.3 Å². The Kier molecular flexibility index (Phi) is 7.35. The molecule has 1 aliphatic carbocycles. The lowest BCUT2D eigenvalue weighted by Gasteiger charge is -2.36. The summed E-state index contributed by atoms with van der Waals surface area (Å²) >= 11 is 6.19. The number of amides is 1. The molecule has 0 radical (unpaired) electrons. The number of anilines is 2. The molecule has 0 spiro atoms. The molecule has 8 heteroatoms. The first-order valence-corrected chi connectivity index (χ1v) is 13.0. The Labute approximate surface area is 211 Å². The number of aromatic nitrogens is 2. The van der Waals surface area contributed by atoms with Crippen molar-refractivity contribution in [3.8, 4) is 0 Å². The average molecular weight is 493 g/mol. The van der Waals surface area contributed by atoms with Gasteiger partial charge in [0.05, 0.1) is 10.6 Å². The zero-order valence-corrected chi connectivity index (χ0v) is 20.7. The Balaban J connectivity index is 1.18. The fourth-order valence-corrected chi connectivity index (χ4v) is 5.58. The number of benzene rings is 1. The number of halogens is 1. The fourth-order valence-electron chi connectivity index (χ4n) is 5.42. The molecule has 5 rings (SSSR count). The van der Waals surface area contributed by atoms with Crippen LogP contribution in [0, 0.1) is 5.92 Å². The van der Waals surface area contributed by atoms with Gasteiger partial charge in [0.15, 0.2) is 0 Å². The van der Waals surface area contributed by atoms with Crippen molar-refractivity contribution in [2.24, 2.45) is 5.92 Å². The van der Waals surface area contributed by atoms with E-state index in [-0.39, 0.29) is 5.91 Å². The van der Waals surface area contributed by atoms with Gasteiger partial charge in [-0.3, -0.25) is 4.79 Å². The molecule has 3 heterocycles. The van der Waals surface area contributed by atoms with Crippen LogP contribution in [0.5, 0.6) is 0 Å².